The van der Waals surface area contributed by atoms with Crippen molar-refractivity contribution in [1.82, 2.24) is 0 Å². The summed E-state index contributed by atoms with van der Waals surface area (Å²) in [7, 11) is 0. The third-order valence-corrected chi connectivity index (χ3v) is 2.43. The van der Waals surface area contributed by atoms with Gasteiger partial charge in [-0.1, -0.05) is 23.8 Å². The zero-order valence-corrected chi connectivity index (χ0v) is 9.50. The summed E-state index contributed by atoms with van der Waals surface area (Å²) < 4.78 is 0.740. The lowest BCUT2D eigenvalue weighted by Gasteiger charge is -2.03. The highest BCUT2D eigenvalue weighted by Crippen LogP contribution is 2.17. The highest BCUT2D eigenvalue weighted by Gasteiger charge is 2.02. The second-order valence-corrected chi connectivity index (χ2v) is 3.89. The Balaban J connectivity index is 2.30. The van der Waals surface area contributed by atoms with Gasteiger partial charge in [-0.15, -0.1) is 0 Å². The van der Waals surface area contributed by atoms with Crippen molar-refractivity contribution in [3.05, 3.63) is 64.9 Å². The monoisotopic (exact) mass is 227 g/mol. The SMILES string of the molecule is Cc1ccc(C=[N+]([O-])c2cccc(O)c2)cc1. The van der Waals surface area contributed by atoms with E-state index in [0.29, 0.717) is 5.69 Å². The maximum atomic E-state index is 11.8. The number of phenols is 1. The second kappa shape index (κ2) is 4.70. The topological polar surface area (TPSA) is 46.3 Å². The summed E-state index contributed by atoms with van der Waals surface area (Å²) in [6, 6.07) is 13.9. The Labute approximate surface area is 99.9 Å². The molecule has 0 aliphatic rings. The summed E-state index contributed by atoms with van der Waals surface area (Å²) in [6.07, 6.45) is 1.48. The van der Waals surface area contributed by atoms with Crippen molar-refractivity contribution in [2.45, 2.75) is 6.92 Å². The molecule has 3 nitrogen and oxygen atoms in total. The predicted octanol–water partition coefficient (Wildman–Crippen LogP) is 2.96. The van der Waals surface area contributed by atoms with Crippen LogP contribution in [-0.2, 0) is 0 Å². The molecule has 86 valence electrons. The average molecular weight is 227 g/mol. The molecule has 0 saturated heterocycles. The van der Waals surface area contributed by atoms with E-state index in [1.807, 2.05) is 31.2 Å². The molecule has 0 spiro atoms. The van der Waals surface area contributed by atoms with E-state index in [0.717, 1.165) is 15.9 Å². The van der Waals surface area contributed by atoms with Gasteiger partial charge >= 0.3 is 0 Å². The van der Waals surface area contributed by atoms with Crippen LogP contribution in [0.15, 0.2) is 48.5 Å². The van der Waals surface area contributed by atoms with Crippen LogP contribution in [0.4, 0.5) is 5.69 Å². The molecule has 3 heteroatoms. The van der Waals surface area contributed by atoms with Gasteiger partial charge in [-0.05, 0) is 25.1 Å². The Morgan fingerprint density at radius 2 is 1.82 bits per heavy atom. The third-order valence-electron chi connectivity index (χ3n) is 2.43. The minimum atomic E-state index is 0.0839. The van der Waals surface area contributed by atoms with Crippen molar-refractivity contribution in [2.24, 2.45) is 0 Å². The number of rotatable bonds is 2. The lowest BCUT2D eigenvalue weighted by Crippen LogP contribution is -1.98. The van der Waals surface area contributed by atoms with E-state index in [1.165, 1.54) is 18.3 Å². The Kier molecular flexibility index (Phi) is 3.10. The van der Waals surface area contributed by atoms with Gasteiger partial charge in [-0.2, -0.15) is 4.74 Å². The van der Waals surface area contributed by atoms with Gasteiger partial charge in [0.1, 0.15) is 5.75 Å². The number of aryl methyl sites for hydroxylation is 1. The number of phenolic OH excluding ortho intramolecular Hbond substituents is 1. The van der Waals surface area contributed by atoms with Crippen LogP contribution < -0.4 is 0 Å². The zero-order valence-electron chi connectivity index (χ0n) is 9.50. The first-order valence-corrected chi connectivity index (χ1v) is 5.32. The fourth-order valence-electron chi connectivity index (χ4n) is 1.49. The fraction of sp³-hybridized carbons (Fsp3) is 0.0714. The number of nitrogens with zero attached hydrogens (tertiary/aromatic N) is 1. The van der Waals surface area contributed by atoms with Crippen molar-refractivity contribution in [3.8, 4) is 5.75 Å². The standard InChI is InChI=1S/C14H13NO2/c1-11-5-7-12(8-6-11)10-15(17)13-3-2-4-14(16)9-13/h2-10,16H,1H3. The molecule has 2 rings (SSSR count). The average Bonchev–Trinajstić information content (AvgIpc) is 2.32. The molecule has 2 aromatic rings. The molecule has 1 N–H and O–H groups in total. The number of benzene rings is 2. The van der Waals surface area contributed by atoms with E-state index in [2.05, 4.69) is 0 Å². The highest BCUT2D eigenvalue weighted by atomic mass is 16.5. The molecule has 0 bridgehead atoms. The smallest absolute Gasteiger partial charge is 0.220 e. The Hall–Kier alpha value is -2.29. The van der Waals surface area contributed by atoms with Gasteiger partial charge in [-0.25, -0.2) is 0 Å². The molecule has 0 aliphatic heterocycles. The van der Waals surface area contributed by atoms with Crippen LogP contribution in [0.25, 0.3) is 0 Å². The first-order valence-electron chi connectivity index (χ1n) is 5.32. The zero-order chi connectivity index (χ0) is 12.3. The normalized spacial score (nSPS) is 11.5. The van der Waals surface area contributed by atoms with Crippen molar-refractivity contribution in [3.63, 3.8) is 0 Å². The number of aromatic hydroxyl groups is 1. The number of hydrogen-bond acceptors (Lipinski definition) is 2. The Bertz CT molecular complexity index is 544. The molecule has 0 radical (unpaired) electrons. The largest absolute Gasteiger partial charge is 0.618 e. The van der Waals surface area contributed by atoms with Crippen LogP contribution in [-0.4, -0.2) is 16.1 Å². The van der Waals surface area contributed by atoms with Crippen LogP contribution in [0.1, 0.15) is 11.1 Å². The molecule has 0 heterocycles. The molecule has 17 heavy (non-hydrogen) atoms. The molecule has 0 saturated carbocycles. The van der Waals surface area contributed by atoms with Crippen LogP contribution in [0, 0.1) is 12.1 Å². The van der Waals surface area contributed by atoms with Gasteiger partial charge < -0.3 is 10.3 Å². The summed E-state index contributed by atoms with van der Waals surface area (Å²) in [6.45, 7) is 1.99. The van der Waals surface area contributed by atoms with Crippen molar-refractivity contribution in [1.29, 1.82) is 0 Å². The third kappa shape index (κ3) is 2.84. The molecular weight excluding hydrogens is 214 g/mol. The van der Waals surface area contributed by atoms with Gasteiger partial charge in [0.05, 0.1) is 6.07 Å². The maximum Gasteiger partial charge on any atom is 0.220 e. The quantitative estimate of drug-likeness (QED) is 0.371. The van der Waals surface area contributed by atoms with E-state index in [4.69, 9.17) is 0 Å². The predicted molar refractivity (Wildman–Crippen MR) is 67.7 cm³/mol. The molecule has 0 fully saturated rings. The van der Waals surface area contributed by atoms with Crippen LogP contribution in [0.5, 0.6) is 5.75 Å². The van der Waals surface area contributed by atoms with Gasteiger partial charge in [0, 0.05) is 11.6 Å². The van der Waals surface area contributed by atoms with E-state index in [-0.39, 0.29) is 5.75 Å². The van der Waals surface area contributed by atoms with Crippen LogP contribution in [0.3, 0.4) is 0 Å². The fourth-order valence-corrected chi connectivity index (χ4v) is 1.49. The van der Waals surface area contributed by atoms with Gasteiger partial charge in [0.25, 0.3) is 0 Å². The van der Waals surface area contributed by atoms with Crippen LogP contribution in [0.2, 0.25) is 0 Å². The Morgan fingerprint density at radius 3 is 2.47 bits per heavy atom. The molecule has 0 unspecified atom stereocenters. The lowest BCUT2D eigenvalue weighted by atomic mass is 10.2. The molecule has 2 aromatic carbocycles. The summed E-state index contributed by atoms with van der Waals surface area (Å²) in [4.78, 5) is 0. The summed E-state index contributed by atoms with van der Waals surface area (Å²) >= 11 is 0. The lowest BCUT2D eigenvalue weighted by molar-refractivity contribution is -0.354. The summed E-state index contributed by atoms with van der Waals surface area (Å²) in [5.74, 6) is 0.0839. The van der Waals surface area contributed by atoms with E-state index < -0.39 is 0 Å². The molecule has 0 atom stereocenters. The van der Waals surface area contributed by atoms with Gasteiger partial charge in [0.15, 0.2) is 6.21 Å². The minimum absolute atomic E-state index is 0.0839. The Morgan fingerprint density at radius 1 is 1.12 bits per heavy atom. The molecule has 0 aliphatic carbocycles. The summed E-state index contributed by atoms with van der Waals surface area (Å²) in [5, 5.41) is 21.1. The second-order valence-electron chi connectivity index (χ2n) is 3.89. The van der Waals surface area contributed by atoms with Crippen molar-refractivity contribution >= 4 is 11.9 Å². The molecule has 0 amide bonds. The first kappa shape index (κ1) is 11.2. The minimum Gasteiger partial charge on any atom is -0.618 e. The van der Waals surface area contributed by atoms with Gasteiger partial charge in [-0.3, -0.25) is 0 Å². The van der Waals surface area contributed by atoms with E-state index >= 15 is 0 Å². The molecular formula is C14H13NO2. The summed E-state index contributed by atoms with van der Waals surface area (Å²) in [5.41, 5.74) is 2.39. The van der Waals surface area contributed by atoms with Crippen LogP contribution >= 0.6 is 0 Å². The highest BCUT2D eigenvalue weighted by molar-refractivity contribution is 5.76. The first-order chi connectivity index (χ1) is 8.15. The van der Waals surface area contributed by atoms with Crippen molar-refractivity contribution < 1.29 is 9.85 Å². The maximum absolute atomic E-state index is 11.8. The van der Waals surface area contributed by atoms with Crippen molar-refractivity contribution in [2.75, 3.05) is 0 Å². The van der Waals surface area contributed by atoms with Gasteiger partial charge in [0.2, 0.25) is 5.69 Å². The molecule has 0 aromatic heterocycles. The number of hydrogen-bond donors (Lipinski definition) is 1. The van der Waals surface area contributed by atoms with E-state index in [9.17, 15) is 10.3 Å². The van der Waals surface area contributed by atoms with E-state index in [1.54, 1.807) is 12.1 Å².